The zero-order valence-electron chi connectivity index (χ0n) is 14.3. The molecular weight excluding hydrogens is 304 g/mol. The van der Waals surface area contributed by atoms with E-state index in [1.54, 1.807) is 0 Å². The molecular formula is C19H28N2OS. The van der Waals surface area contributed by atoms with Crippen molar-refractivity contribution < 1.29 is 4.79 Å². The third kappa shape index (κ3) is 4.85. The maximum atomic E-state index is 9.77. The van der Waals surface area contributed by atoms with Crippen LogP contribution in [0.4, 0.5) is 5.69 Å². The highest BCUT2D eigenvalue weighted by atomic mass is 32.1. The number of anilines is 1. The molecule has 3 nitrogen and oxygen atoms in total. The highest BCUT2D eigenvalue weighted by Crippen LogP contribution is 2.37. The van der Waals surface area contributed by atoms with Crippen LogP contribution < -0.4 is 4.72 Å². The number of nitrogens with one attached hydrogen (secondary N) is 1. The number of thiol groups is 1. The minimum Gasteiger partial charge on any atom is -0.332 e. The second-order valence-electron chi connectivity index (χ2n) is 6.48. The van der Waals surface area contributed by atoms with E-state index in [9.17, 15) is 4.79 Å². The van der Waals surface area contributed by atoms with Gasteiger partial charge in [0.25, 0.3) is 0 Å². The highest BCUT2D eigenvalue weighted by Gasteiger charge is 2.20. The number of hydrogen-bond acceptors (Lipinski definition) is 4. The van der Waals surface area contributed by atoms with E-state index < -0.39 is 0 Å². The number of benzene rings is 1. The molecule has 0 saturated carbocycles. The third-order valence-corrected chi connectivity index (χ3v) is 4.66. The first-order valence-corrected chi connectivity index (χ1v) is 8.94. The normalized spacial score (nSPS) is 14.8. The summed E-state index contributed by atoms with van der Waals surface area (Å²) in [7, 11) is 4.01. The number of nitrogens with zero attached hydrogens (tertiary/aromatic N) is 1. The summed E-state index contributed by atoms with van der Waals surface area (Å²) < 4.78 is 3.12. The van der Waals surface area contributed by atoms with Crippen LogP contribution in [0.3, 0.4) is 0 Å². The van der Waals surface area contributed by atoms with Gasteiger partial charge in [0.05, 0.1) is 5.69 Å². The Hall–Kier alpha value is -1.26. The molecule has 3 rings (SSSR count). The van der Waals surface area contributed by atoms with Gasteiger partial charge in [0.2, 0.25) is 0 Å². The van der Waals surface area contributed by atoms with Gasteiger partial charge in [0.15, 0.2) is 0 Å². The van der Waals surface area contributed by atoms with Gasteiger partial charge in [-0.2, -0.15) is 0 Å². The fourth-order valence-electron chi connectivity index (χ4n) is 3.30. The Morgan fingerprint density at radius 1 is 1.26 bits per heavy atom. The number of carbonyl (C=O) groups is 1. The number of unbranched alkanes of at least 4 members (excludes halogenated alkanes) is 1. The smallest absolute Gasteiger partial charge is 0.120 e. The van der Waals surface area contributed by atoms with Gasteiger partial charge in [-0.1, -0.05) is 31.0 Å². The minimum atomic E-state index is 0.693. The van der Waals surface area contributed by atoms with E-state index in [2.05, 4.69) is 40.7 Å². The van der Waals surface area contributed by atoms with Gasteiger partial charge < -0.3 is 14.4 Å². The number of hydrogen-bond donors (Lipinski definition) is 2. The van der Waals surface area contributed by atoms with Gasteiger partial charge in [0, 0.05) is 6.42 Å². The molecule has 4 heteroatoms. The maximum absolute atomic E-state index is 9.77. The zero-order chi connectivity index (χ0) is 16.7. The summed E-state index contributed by atoms with van der Waals surface area (Å²) >= 11 is 4.27. The van der Waals surface area contributed by atoms with E-state index in [-0.39, 0.29) is 0 Å². The van der Waals surface area contributed by atoms with E-state index in [1.165, 1.54) is 47.2 Å². The van der Waals surface area contributed by atoms with E-state index in [1.807, 2.05) is 14.1 Å². The summed E-state index contributed by atoms with van der Waals surface area (Å²) in [6.45, 7) is 1.01. The van der Waals surface area contributed by atoms with Crippen molar-refractivity contribution >= 4 is 30.9 Å². The van der Waals surface area contributed by atoms with Gasteiger partial charge in [0.1, 0.15) is 6.29 Å². The van der Waals surface area contributed by atoms with Crippen molar-refractivity contribution in [3.05, 3.63) is 34.4 Å². The lowest BCUT2D eigenvalue weighted by Crippen LogP contribution is -2.12. The molecule has 0 saturated heterocycles. The summed E-state index contributed by atoms with van der Waals surface area (Å²) in [4.78, 5) is 11.8. The number of aryl methyl sites for hydroxylation is 1. The molecule has 2 aliphatic carbocycles. The van der Waals surface area contributed by atoms with E-state index in [0.29, 0.717) is 6.42 Å². The van der Waals surface area contributed by atoms with Crippen LogP contribution in [0, 0.1) is 0 Å². The Bertz CT molecular complexity index is 567. The fourth-order valence-corrected chi connectivity index (χ4v) is 3.56. The molecule has 1 N–H and O–H groups in total. The number of fused-ring (bicyclic) bond motifs is 2. The van der Waals surface area contributed by atoms with Gasteiger partial charge >= 0.3 is 0 Å². The van der Waals surface area contributed by atoms with Gasteiger partial charge in [-0.3, -0.25) is 0 Å². The van der Waals surface area contributed by atoms with Crippen LogP contribution in [-0.2, 0) is 24.1 Å². The second-order valence-corrected chi connectivity index (χ2v) is 6.70. The van der Waals surface area contributed by atoms with Crippen molar-refractivity contribution in [2.75, 3.05) is 25.4 Å². The molecule has 0 heterocycles. The molecule has 2 aliphatic rings. The Labute approximate surface area is 145 Å². The van der Waals surface area contributed by atoms with Crippen molar-refractivity contribution in [1.82, 2.24) is 4.90 Å². The van der Waals surface area contributed by atoms with E-state index in [4.69, 9.17) is 0 Å². The van der Waals surface area contributed by atoms with Crippen LogP contribution >= 0.6 is 12.8 Å². The summed E-state index contributed by atoms with van der Waals surface area (Å²) in [5.41, 5.74) is 7.20. The summed E-state index contributed by atoms with van der Waals surface area (Å²) in [5, 5.41) is 0. The van der Waals surface area contributed by atoms with Gasteiger partial charge in [-0.15, -0.1) is 0 Å². The molecule has 0 amide bonds. The van der Waals surface area contributed by atoms with Crippen molar-refractivity contribution in [3.8, 4) is 0 Å². The highest BCUT2D eigenvalue weighted by molar-refractivity contribution is 7.81. The topological polar surface area (TPSA) is 32.3 Å². The molecule has 0 fully saturated rings. The molecule has 0 atom stereocenters. The molecule has 0 radical (unpaired) electrons. The molecule has 0 aromatic heterocycles. The first-order chi connectivity index (χ1) is 11.2. The molecule has 0 bridgehead atoms. The first kappa shape index (κ1) is 18.1. The minimum absolute atomic E-state index is 0.693. The monoisotopic (exact) mass is 332 g/mol. The third-order valence-electron chi connectivity index (χ3n) is 4.44. The first-order valence-electron chi connectivity index (χ1n) is 8.50. The number of carbonyl (C=O) groups excluding carboxylic acids is 1. The van der Waals surface area contributed by atoms with Crippen molar-refractivity contribution in [2.24, 2.45) is 0 Å². The molecule has 0 unspecified atom stereocenters. The van der Waals surface area contributed by atoms with Crippen LogP contribution in [0.5, 0.6) is 0 Å². The Morgan fingerprint density at radius 2 is 2.09 bits per heavy atom. The molecule has 0 spiro atoms. The van der Waals surface area contributed by atoms with Crippen molar-refractivity contribution in [3.63, 3.8) is 0 Å². The van der Waals surface area contributed by atoms with Crippen molar-refractivity contribution in [2.45, 2.75) is 44.9 Å². The summed E-state index contributed by atoms with van der Waals surface area (Å²) in [6.07, 6.45) is 13.2. The average Bonchev–Trinajstić information content (AvgIpc) is 3.01. The number of rotatable bonds is 5. The van der Waals surface area contributed by atoms with Crippen LogP contribution in [0.1, 0.15) is 47.9 Å². The Morgan fingerprint density at radius 3 is 2.78 bits per heavy atom. The maximum Gasteiger partial charge on any atom is 0.120 e. The van der Waals surface area contributed by atoms with Gasteiger partial charge in [-0.25, -0.2) is 0 Å². The van der Waals surface area contributed by atoms with Crippen molar-refractivity contribution in [1.29, 1.82) is 0 Å². The van der Waals surface area contributed by atoms with E-state index >= 15 is 0 Å². The fraction of sp³-hybridized carbons (Fsp3) is 0.526. The molecule has 1 aromatic rings. The van der Waals surface area contributed by atoms with Crippen LogP contribution in [0.25, 0.3) is 6.08 Å². The second kappa shape index (κ2) is 9.14. The molecule has 0 aliphatic heterocycles. The lowest BCUT2D eigenvalue weighted by Gasteiger charge is -2.19. The lowest BCUT2D eigenvalue weighted by molar-refractivity contribution is -0.107. The predicted molar refractivity (Wildman–Crippen MR) is 102 cm³/mol. The summed E-state index contributed by atoms with van der Waals surface area (Å²) in [5.74, 6) is 0. The predicted octanol–water partition coefficient (Wildman–Crippen LogP) is 3.92. The van der Waals surface area contributed by atoms with Crippen LogP contribution in [0.15, 0.2) is 12.1 Å². The van der Waals surface area contributed by atoms with Gasteiger partial charge in [-0.05, 0) is 81.4 Å². The van der Waals surface area contributed by atoms with E-state index in [0.717, 1.165) is 32.1 Å². The Kier molecular flexibility index (Phi) is 7.18. The lowest BCUT2D eigenvalue weighted by atomic mass is 9.91. The molecule has 1 aromatic carbocycles. The standard InChI is InChI=1S/C13H15NS.C6H13NO/c15-14-13-11-6-2-1-4-9(11)8-10-5-3-7-12(10)13;1-7(2)5-3-4-6-8/h1,4,8,14-15H,2-3,5-7H2;6H,3-5H2,1-2H3. The summed E-state index contributed by atoms with van der Waals surface area (Å²) in [6, 6.07) is 2.38. The SMILES string of the molecule is CN(C)CCCC=O.SNc1c2c(cc3c1CCC3)C=CCC2. The zero-order valence-corrected chi connectivity index (χ0v) is 15.2. The number of aldehydes is 1. The largest absolute Gasteiger partial charge is 0.332 e. The Balaban J connectivity index is 0.000000207. The quantitative estimate of drug-likeness (QED) is 0.487. The molecule has 23 heavy (non-hydrogen) atoms. The van der Waals surface area contributed by atoms with Crippen LogP contribution in [0.2, 0.25) is 0 Å². The number of allylic oxidation sites excluding steroid dienone is 1. The van der Waals surface area contributed by atoms with Crippen LogP contribution in [-0.4, -0.2) is 31.8 Å². The molecule has 126 valence electrons. The average molecular weight is 333 g/mol.